The van der Waals surface area contributed by atoms with E-state index in [2.05, 4.69) is 113 Å². The summed E-state index contributed by atoms with van der Waals surface area (Å²) in [6.07, 6.45) is 5.37. The summed E-state index contributed by atoms with van der Waals surface area (Å²) in [5, 5.41) is 42.5. The minimum Gasteiger partial charge on any atom is -0.458 e. The number of aliphatic hydroxyl groups excluding tert-OH is 4. The highest BCUT2D eigenvalue weighted by Crippen LogP contribution is 2.62. The topological polar surface area (TPSA) is 226 Å². The Hall–Kier alpha value is -1.91. The molecule has 11 fully saturated rings. The van der Waals surface area contributed by atoms with Crippen molar-refractivity contribution in [2.75, 3.05) is 33.9 Å². The molecule has 5 saturated heterocycles. The first kappa shape index (κ1) is 76.2. The Morgan fingerprint density at radius 1 is 0.515 bits per heavy atom. The standard InChI is InChI=1S/C30H51NO6Si2.C23H38O5Si2.C18H26O5.C5H12/c1-17(19(3)31(5)6)29(33)35-24-13-20-11-21(18(24)2)27-28(32)30(4)23(12-20)22-15-34-25(22)14-26(30)36-38(7,8)16-39(9,10)37-27;1-13-15-7-14(9-18(13)24)8-17-16-11-26-19(16)10-20-23(17,2)22(25)21(15)28-30(5,6)12-29(3,4)27-20;1-8-10-3-9(5-13(8)19)4-12-11-7-23-14(11)6-15(20)18(12,2)17(22)16(10)21;1-5(2,3)4/h17,19-20,22-27H,11-16H2,1-10H3;14,16-21,24H,7-12H2,1-6H3;9,11-16,19-21H,3-7H2,1-2H3;1-4H3/t17-,19+,20-,22-,23+,24+,25+,26+,27-,30+;14-,16-,17+,18+,19+,20+,21-,23+;9-,11-,12+,13+,14+,15+,16-,18+;/m111./s1. The molecule has 0 radical (unpaired) electrons. The zero-order chi connectivity index (χ0) is 71.3. The first-order valence-electron chi connectivity index (χ1n) is 37.7. The van der Waals surface area contributed by atoms with Crippen molar-refractivity contribution in [3.63, 3.8) is 0 Å². The highest BCUT2D eigenvalue weighted by molar-refractivity contribution is 6.90. The van der Waals surface area contributed by atoms with Crippen molar-refractivity contribution in [2.24, 2.45) is 80.8 Å². The second kappa shape index (κ2) is 27.2. The Labute approximate surface area is 585 Å². The molecule has 0 aromatic carbocycles. The Morgan fingerprint density at radius 2 is 0.876 bits per heavy atom. The van der Waals surface area contributed by atoms with E-state index in [1.807, 2.05) is 34.9 Å². The Balaban J connectivity index is 0.000000147. The fourth-order valence-corrected chi connectivity index (χ4v) is 43.3. The van der Waals surface area contributed by atoms with E-state index in [1.165, 1.54) is 0 Å². The van der Waals surface area contributed by atoms with Crippen molar-refractivity contribution in [2.45, 2.75) is 303 Å². The number of carbonyl (C=O) groups excluding carboxylic acids is 4. The highest BCUT2D eigenvalue weighted by Gasteiger charge is 2.68. The predicted octanol–water partition coefficient (Wildman–Crippen LogP) is 11.6. The average molecular weight is 1420 g/mol. The summed E-state index contributed by atoms with van der Waals surface area (Å²) in [5.74, 6) is 2.28. The maximum atomic E-state index is 14.9. The van der Waals surface area contributed by atoms with Crippen LogP contribution in [-0.4, -0.2) is 195 Å². The van der Waals surface area contributed by atoms with Crippen LogP contribution in [0.1, 0.15) is 160 Å². The van der Waals surface area contributed by atoms with E-state index in [-0.39, 0.29) is 101 Å². The number of ether oxygens (including phenoxy) is 4. The summed E-state index contributed by atoms with van der Waals surface area (Å²) in [6.45, 7) is 45.2. The summed E-state index contributed by atoms with van der Waals surface area (Å²) >= 11 is 0. The molecule has 10 bridgehead atoms. The van der Waals surface area contributed by atoms with E-state index in [0.717, 1.165) is 110 Å². The van der Waals surface area contributed by atoms with Gasteiger partial charge in [-0.2, -0.15) is 0 Å². The summed E-state index contributed by atoms with van der Waals surface area (Å²) in [4.78, 5) is 57.8. The van der Waals surface area contributed by atoms with Crippen LogP contribution in [-0.2, 0) is 55.8 Å². The lowest BCUT2D eigenvalue weighted by atomic mass is 9.52. The minimum atomic E-state index is -2.24. The number of ketones is 3. The molecule has 0 aromatic rings. The average Bonchev–Trinajstić information content (AvgIpc) is 1.10. The van der Waals surface area contributed by atoms with Gasteiger partial charge in [-0.3, -0.25) is 19.2 Å². The third kappa shape index (κ3) is 14.4. The first-order valence-corrected chi connectivity index (χ1v) is 50.1. The molecule has 9 aliphatic carbocycles. The molecule has 26 atom stereocenters. The fraction of sp³-hybridized carbons (Fsp3) is 0.868. The van der Waals surface area contributed by atoms with E-state index >= 15 is 0 Å². The van der Waals surface area contributed by atoms with Gasteiger partial charge in [-0.25, -0.2) is 0 Å². The van der Waals surface area contributed by atoms with Crippen molar-refractivity contribution in [3.8, 4) is 0 Å². The maximum absolute atomic E-state index is 14.9. The van der Waals surface area contributed by atoms with Gasteiger partial charge in [-0.15, -0.1) is 0 Å². The smallest absolute Gasteiger partial charge is 0.310 e. The molecule has 14 rings (SSSR count). The van der Waals surface area contributed by atoms with Gasteiger partial charge in [0, 0.05) is 30.2 Å². The van der Waals surface area contributed by atoms with Crippen LogP contribution < -0.4 is 0 Å². The van der Waals surface area contributed by atoms with Crippen LogP contribution in [0.4, 0.5) is 0 Å². The molecule has 0 unspecified atom stereocenters. The molecule has 17 nitrogen and oxygen atoms in total. The van der Waals surface area contributed by atoms with Crippen molar-refractivity contribution >= 4 is 56.6 Å². The third-order valence-electron chi connectivity index (χ3n) is 27.1. The van der Waals surface area contributed by atoms with E-state index in [1.54, 1.807) is 6.92 Å². The molecule has 4 N–H and O–H groups in total. The van der Waals surface area contributed by atoms with Crippen molar-refractivity contribution in [1.82, 2.24) is 4.90 Å². The number of rotatable bonds is 4. The third-order valence-corrected chi connectivity index (χ3v) is 44.3. The number of carbonyl (C=O) groups is 4. The van der Waals surface area contributed by atoms with Gasteiger partial charge in [0.25, 0.3) is 0 Å². The Kier molecular flexibility index (Phi) is 21.4. The number of fused-ring (bicyclic) bond motifs is 17. The molecule has 21 heteroatoms. The molecule has 6 saturated carbocycles. The molecular formula is C76H127NO16Si4. The summed E-state index contributed by atoms with van der Waals surface area (Å²) in [6, 6.07) is 0.0774. The van der Waals surface area contributed by atoms with Crippen LogP contribution in [0.15, 0.2) is 33.4 Å². The van der Waals surface area contributed by atoms with Crippen molar-refractivity contribution in [1.29, 1.82) is 0 Å². The molecule has 14 aliphatic rings. The molecule has 0 spiro atoms. The second-order valence-corrected chi connectivity index (χ2v) is 56.1. The second-order valence-electron chi connectivity index (χ2n) is 38.3. The normalized spacial score (nSPS) is 45.6. The molecule has 97 heavy (non-hydrogen) atoms. The van der Waals surface area contributed by atoms with Crippen LogP contribution in [0.5, 0.6) is 0 Å². The highest BCUT2D eigenvalue weighted by atomic mass is 28.4. The van der Waals surface area contributed by atoms with E-state index < -0.39 is 86.1 Å². The lowest BCUT2D eigenvalue weighted by molar-refractivity contribution is -0.228. The molecule has 548 valence electrons. The van der Waals surface area contributed by atoms with E-state index in [9.17, 15) is 39.6 Å². The molecule has 5 heterocycles. The quantitative estimate of drug-likeness (QED) is 0.117. The lowest BCUT2D eigenvalue weighted by Gasteiger charge is -2.59. The Morgan fingerprint density at radius 3 is 1.28 bits per heavy atom. The van der Waals surface area contributed by atoms with Gasteiger partial charge < -0.3 is 62.0 Å². The molecule has 5 aliphatic heterocycles. The zero-order valence-electron chi connectivity index (χ0n) is 63.4. The largest absolute Gasteiger partial charge is 0.458 e. The maximum Gasteiger partial charge on any atom is 0.310 e. The predicted molar refractivity (Wildman–Crippen MR) is 384 cm³/mol. The molecular weight excluding hydrogens is 1300 g/mol. The van der Waals surface area contributed by atoms with Crippen LogP contribution in [0.25, 0.3) is 0 Å². The number of hydrogen-bond acceptors (Lipinski definition) is 17. The van der Waals surface area contributed by atoms with Gasteiger partial charge in [0.15, 0.2) is 50.6 Å². The first-order chi connectivity index (χ1) is 44.8. The monoisotopic (exact) mass is 1420 g/mol. The number of nitrogens with zero attached hydrogens (tertiary/aromatic N) is 1. The van der Waals surface area contributed by atoms with Gasteiger partial charge in [-0.05, 0) is 271 Å². The van der Waals surface area contributed by atoms with Crippen LogP contribution in [0.3, 0.4) is 0 Å². The SMILES string of the molecule is CC(C)(C)C.CC1=C2C[C@@H](C[C@@H]1O)C[C@H]1[C@H]3CO[C@H]3C[C@@H]3O[Si](C)(C)C[Si](C)(C)O[C@H]2C(=O)[C@]31C.CC1=C2C[C@@H](C[C@@H]1O)C[C@H]1[C@H]3CO[C@H]3C[C@H](O)[C@@]1(C)C(=O)[C@@H]2O.CC1=C2C[C@@H](C[C@@H]1OC(=O)[C@H](C)[C@H](C)N(C)C)C[C@H]1[C@H]3CO[C@H]3C[C@@H]3O[Si](C)(C)C[Si](C)(C)O[C@H]2C(=O)[C@]31C. The lowest BCUT2D eigenvalue weighted by Crippen LogP contribution is -2.66. The molecule has 0 aromatic heterocycles. The number of aliphatic hydroxyl groups is 4. The van der Waals surface area contributed by atoms with Crippen LogP contribution in [0, 0.1) is 80.8 Å². The number of esters is 1. The van der Waals surface area contributed by atoms with Crippen molar-refractivity contribution in [3.05, 3.63) is 33.4 Å². The molecule has 0 amide bonds. The van der Waals surface area contributed by atoms with Crippen LogP contribution >= 0.6 is 0 Å². The summed E-state index contributed by atoms with van der Waals surface area (Å²) in [5.41, 5.74) is 5.95. The summed E-state index contributed by atoms with van der Waals surface area (Å²) < 4.78 is 51.9. The Bertz CT molecular complexity index is 3110. The van der Waals surface area contributed by atoms with Gasteiger partial charge in [0.1, 0.15) is 24.4 Å². The van der Waals surface area contributed by atoms with Crippen LogP contribution in [0.2, 0.25) is 63.7 Å². The van der Waals surface area contributed by atoms with Gasteiger partial charge in [0.05, 0.1) is 90.8 Å². The van der Waals surface area contributed by atoms with E-state index in [4.69, 9.17) is 36.7 Å². The van der Waals surface area contributed by atoms with Gasteiger partial charge >= 0.3 is 5.97 Å². The van der Waals surface area contributed by atoms with Crippen molar-refractivity contribution < 1.29 is 76.3 Å². The van der Waals surface area contributed by atoms with E-state index in [0.29, 0.717) is 60.5 Å². The van der Waals surface area contributed by atoms with Gasteiger partial charge in [-0.1, -0.05) is 34.6 Å². The number of Topliss-reactive ketones (excluding diaryl/α,β-unsaturated/α-hetero) is 3. The zero-order valence-corrected chi connectivity index (χ0v) is 67.4. The number of hydrogen-bond donors (Lipinski definition) is 4. The summed E-state index contributed by atoms with van der Waals surface area (Å²) in [7, 11) is -4.51. The minimum absolute atomic E-state index is 0.0179. The fourth-order valence-electron chi connectivity index (χ4n) is 21.5. The van der Waals surface area contributed by atoms with Gasteiger partial charge in [0.2, 0.25) is 0 Å².